The minimum atomic E-state index is 0.202. The van der Waals surface area contributed by atoms with Gasteiger partial charge in [0.15, 0.2) is 5.78 Å². The van der Waals surface area contributed by atoms with E-state index in [4.69, 9.17) is 0 Å². The van der Waals surface area contributed by atoms with Gasteiger partial charge in [-0.2, -0.15) is 4.98 Å². The Morgan fingerprint density at radius 1 is 1.19 bits per heavy atom. The number of rotatable bonds is 8. The van der Waals surface area contributed by atoms with E-state index in [2.05, 4.69) is 25.5 Å². The highest BCUT2D eigenvalue weighted by molar-refractivity contribution is 5.98. The minimum Gasteiger partial charge on any atom is -0.373 e. The summed E-state index contributed by atoms with van der Waals surface area (Å²) in [4.78, 5) is 23.8. The van der Waals surface area contributed by atoms with Crippen molar-refractivity contribution < 1.29 is 4.79 Å². The first-order valence-electron chi connectivity index (χ1n) is 9.22. The van der Waals surface area contributed by atoms with Crippen LogP contribution in [0, 0.1) is 13.8 Å². The third kappa shape index (κ3) is 4.58. The number of nitrogens with zero attached hydrogens (tertiary/aromatic N) is 3. The van der Waals surface area contributed by atoms with E-state index in [0.29, 0.717) is 12.4 Å². The van der Waals surface area contributed by atoms with Gasteiger partial charge in [-0.3, -0.25) is 4.79 Å². The van der Waals surface area contributed by atoms with Crippen LogP contribution < -0.4 is 10.6 Å². The third-order valence-electron chi connectivity index (χ3n) is 4.73. The molecule has 6 nitrogen and oxygen atoms in total. The number of nitrogens with one attached hydrogen (secondary N) is 2. The van der Waals surface area contributed by atoms with Gasteiger partial charge in [0.05, 0.1) is 0 Å². The van der Waals surface area contributed by atoms with Gasteiger partial charge in [0.1, 0.15) is 5.82 Å². The summed E-state index contributed by atoms with van der Waals surface area (Å²) >= 11 is 0. The summed E-state index contributed by atoms with van der Waals surface area (Å²) in [6.45, 7) is 7.28. The molecule has 1 aromatic heterocycles. The molecule has 2 aromatic rings. The first-order chi connectivity index (χ1) is 12.5. The Bertz CT molecular complexity index is 786. The molecule has 1 fully saturated rings. The van der Waals surface area contributed by atoms with E-state index >= 15 is 0 Å². The smallest absolute Gasteiger partial charge is 0.229 e. The molecule has 1 saturated heterocycles. The van der Waals surface area contributed by atoms with Gasteiger partial charge in [0, 0.05) is 36.5 Å². The summed E-state index contributed by atoms with van der Waals surface area (Å²) < 4.78 is 0. The maximum atomic E-state index is 12.6. The average molecular weight is 353 g/mol. The van der Waals surface area contributed by atoms with E-state index < -0.39 is 0 Å². The summed E-state index contributed by atoms with van der Waals surface area (Å²) in [5.74, 6) is 1.48. The molecule has 3 rings (SSSR count). The lowest BCUT2D eigenvalue weighted by atomic mass is 10.0. The number of benzene rings is 1. The number of aryl methyl sites for hydroxylation is 2. The monoisotopic (exact) mass is 353 g/mol. The minimum absolute atomic E-state index is 0.202. The van der Waals surface area contributed by atoms with Crippen LogP contribution in [0.15, 0.2) is 24.3 Å². The van der Waals surface area contributed by atoms with Crippen LogP contribution in [-0.2, 0) is 0 Å². The highest BCUT2D eigenvalue weighted by Crippen LogP contribution is 2.21. The lowest BCUT2D eigenvalue weighted by Crippen LogP contribution is -2.37. The number of ketones is 1. The zero-order valence-corrected chi connectivity index (χ0v) is 15.8. The van der Waals surface area contributed by atoms with E-state index in [1.807, 2.05) is 45.2 Å². The summed E-state index contributed by atoms with van der Waals surface area (Å²) in [6.07, 6.45) is 2.80. The molecule has 0 amide bonds. The van der Waals surface area contributed by atoms with Crippen molar-refractivity contribution in [3.8, 4) is 0 Å². The van der Waals surface area contributed by atoms with Crippen molar-refractivity contribution in [2.45, 2.75) is 33.1 Å². The van der Waals surface area contributed by atoms with Gasteiger partial charge in [-0.1, -0.05) is 6.07 Å². The second-order valence-corrected chi connectivity index (χ2v) is 6.84. The molecule has 6 heteroatoms. The SMILES string of the molecule is CNc1cc(C)nc(Nc2ccc(C)c(C(=O)CCCN3CCC3)c2)n1. The van der Waals surface area contributed by atoms with Crippen LogP contribution >= 0.6 is 0 Å². The molecule has 0 unspecified atom stereocenters. The quantitative estimate of drug-likeness (QED) is 0.707. The van der Waals surface area contributed by atoms with E-state index in [-0.39, 0.29) is 5.78 Å². The lowest BCUT2D eigenvalue weighted by molar-refractivity contribution is 0.0967. The number of carbonyl (C=O) groups excluding carboxylic acids is 1. The van der Waals surface area contributed by atoms with Gasteiger partial charge < -0.3 is 15.5 Å². The van der Waals surface area contributed by atoms with Crippen molar-refractivity contribution in [3.05, 3.63) is 41.1 Å². The molecule has 1 aromatic carbocycles. The van der Waals surface area contributed by atoms with Crippen molar-refractivity contribution >= 4 is 23.2 Å². The summed E-state index contributed by atoms with van der Waals surface area (Å²) in [6, 6.07) is 7.72. The normalized spacial score (nSPS) is 14.0. The second-order valence-electron chi connectivity index (χ2n) is 6.84. The van der Waals surface area contributed by atoms with Crippen molar-refractivity contribution in [1.82, 2.24) is 14.9 Å². The molecular weight excluding hydrogens is 326 g/mol. The van der Waals surface area contributed by atoms with Crippen molar-refractivity contribution in [3.63, 3.8) is 0 Å². The molecule has 1 aliphatic rings. The molecule has 2 heterocycles. The number of hydrogen-bond donors (Lipinski definition) is 2. The van der Waals surface area contributed by atoms with Crippen molar-refractivity contribution in [1.29, 1.82) is 0 Å². The maximum Gasteiger partial charge on any atom is 0.229 e. The second kappa shape index (κ2) is 8.27. The molecule has 0 aliphatic carbocycles. The van der Waals surface area contributed by atoms with Gasteiger partial charge in [-0.25, -0.2) is 4.98 Å². The fourth-order valence-electron chi connectivity index (χ4n) is 3.09. The van der Waals surface area contributed by atoms with Crippen LogP contribution in [-0.4, -0.2) is 47.3 Å². The summed E-state index contributed by atoms with van der Waals surface area (Å²) in [5, 5.41) is 6.24. The first-order valence-corrected chi connectivity index (χ1v) is 9.22. The fourth-order valence-corrected chi connectivity index (χ4v) is 3.09. The Hall–Kier alpha value is -2.47. The van der Waals surface area contributed by atoms with Gasteiger partial charge in [-0.15, -0.1) is 0 Å². The van der Waals surface area contributed by atoms with Gasteiger partial charge in [0.2, 0.25) is 5.95 Å². The van der Waals surface area contributed by atoms with E-state index in [9.17, 15) is 4.79 Å². The summed E-state index contributed by atoms with van der Waals surface area (Å²) in [7, 11) is 1.83. The van der Waals surface area contributed by atoms with E-state index in [1.54, 1.807) is 0 Å². The average Bonchev–Trinajstić information content (AvgIpc) is 2.58. The maximum absolute atomic E-state index is 12.6. The molecule has 2 N–H and O–H groups in total. The number of carbonyl (C=O) groups is 1. The number of likely N-dealkylation sites (tertiary alicyclic amines) is 1. The van der Waals surface area contributed by atoms with Gasteiger partial charge >= 0.3 is 0 Å². The molecule has 0 radical (unpaired) electrons. The highest BCUT2D eigenvalue weighted by Gasteiger charge is 2.15. The molecule has 1 aliphatic heterocycles. The molecule has 0 spiro atoms. The number of anilines is 3. The Balaban J connectivity index is 1.68. The van der Waals surface area contributed by atoms with Crippen LogP contribution in [0.5, 0.6) is 0 Å². The predicted octanol–water partition coefficient (Wildman–Crippen LogP) is 3.55. The van der Waals surface area contributed by atoms with Crippen LogP contribution in [0.2, 0.25) is 0 Å². The van der Waals surface area contributed by atoms with E-state index in [1.165, 1.54) is 19.5 Å². The molecule has 138 valence electrons. The fraction of sp³-hybridized carbons (Fsp3) is 0.450. The van der Waals surface area contributed by atoms with Crippen LogP contribution in [0.1, 0.15) is 40.9 Å². The molecule has 0 atom stereocenters. The molecule has 0 bridgehead atoms. The largest absolute Gasteiger partial charge is 0.373 e. The van der Waals surface area contributed by atoms with Crippen LogP contribution in [0.4, 0.5) is 17.5 Å². The Morgan fingerprint density at radius 3 is 2.69 bits per heavy atom. The highest BCUT2D eigenvalue weighted by atomic mass is 16.1. The van der Waals surface area contributed by atoms with Crippen LogP contribution in [0.25, 0.3) is 0 Å². The topological polar surface area (TPSA) is 70.2 Å². The Kier molecular flexibility index (Phi) is 5.83. The van der Waals surface area contributed by atoms with Crippen molar-refractivity contribution in [2.75, 3.05) is 37.3 Å². The molecular formula is C20H27N5O. The Morgan fingerprint density at radius 2 is 2.00 bits per heavy atom. The zero-order chi connectivity index (χ0) is 18.5. The summed E-state index contributed by atoms with van der Waals surface area (Å²) in [5.41, 5.74) is 3.49. The number of hydrogen-bond acceptors (Lipinski definition) is 6. The van der Waals surface area contributed by atoms with Gasteiger partial charge in [-0.05, 0) is 64.0 Å². The van der Waals surface area contributed by atoms with Crippen molar-refractivity contribution in [2.24, 2.45) is 0 Å². The molecule has 0 saturated carbocycles. The van der Waals surface area contributed by atoms with Crippen LogP contribution in [0.3, 0.4) is 0 Å². The van der Waals surface area contributed by atoms with Gasteiger partial charge in [0.25, 0.3) is 0 Å². The predicted molar refractivity (Wildman–Crippen MR) is 105 cm³/mol. The molecule has 26 heavy (non-hydrogen) atoms. The Labute approximate surface area is 155 Å². The first kappa shape index (κ1) is 18.3. The number of Topliss-reactive ketones (excluding diaryl/α,β-unsaturated/α-hetero) is 1. The van der Waals surface area contributed by atoms with E-state index in [0.717, 1.165) is 41.3 Å². The third-order valence-corrected chi connectivity index (χ3v) is 4.73. The zero-order valence-electron chi connectivity index (χ0n) is 15.8. The number of aromatic nitrogens is 2. The lowest BCUT2D eigenvalue weighted by Gasteiger charge is -2.30. The standard InChI is InChI=1S/C20H27N5O/c1-14-7-8-16(23-20-22-15(2)12-19(21-3)24-20)13-17(14)18(26)6-4-9-25-10-5-11-25/h7-8,12-13H,4-6,9-11H2,1-3H3,(H2,21,22,23,24).